The summed E-state index contributed by atoms with van der Waals surface area (Å²) in [6.45, 7) is 4.25. The maximum absolute atomic E-state index is 12.5. The van der Waals surface area contributed by atoms with Crippen molar-refractivity contribution in [1.29, 1.82) is 0 Å². The zero-order valence-corrected chi connectivity index (χ0v) is 20.1. The number of carbonyl (C=O) groups excluding carboxylic acids is 1. The molecule has 1 amide bonds. The van der Waals surface area contributed by atoms with Crippen molar-refractivity contribution in [2.75, 3.05) is 5.75 Å². The van der Waals surface area contributed by atoms with E-state index in [-0.39, 0.29) is 5.91 Å². The maximum atomic E-state index is 12.5. The van der Waals surface area contributed by atoms with Crippen LogP contribution < -0.4 is 5.32 Å². The third kappa shape index (κ3) is 5.21. The number of carbonyl (C=O) groups is 1. The molecule has 1 aliphatic rings. The van der Waals surface area contributed by atoms with Gasteiger partial charge in [-0.05, 0) is 32.3 Å². The number of hydrogen-bond donors (Lipinski definition) is 1. The van der Waals surface area contributed by atoms with E-state index in [0.29, 0.717) is 11.8 Å². The highest BCUT2D eigenvalue weighted by atomic mass is 32.2. The van der Waals surface area contributed by atoms with Crippen LogP contribution in [0.5, 0.6) is 0 Å². The lowest BCUT2D eigenvalue weighted by Crippen LogP contribution is -2.35. The summed E-state index contributed by atoms with van der Waals surface area (Å²) in [5, 5.41) is 15.0. The fraction of sp³-hybridized carbons (Fsp3) is 0.458. The quantitative estimate of drug-likeness (QED) is 0.380. The van der Waals surface area contributed by atoms with E-state index in [1.165, 1.54) is 59.0 Å². The van der Waals surface area contributed by atoms with Gasteiger partial charge in [0.2, 0.25) is 5.91 Å². The summed E-state index contributed by atoms with van der Waals surface area (Å²) < 4.78 is 2.00. The van der Waals surface area contributed by atoms with Gasteiger partial charge in [-0.15, -0.1) is 21.5 Å². The molecule has 1 aliphatic carbocycles. The standard InChI is InChI=1S/C24H30N4OS2/c1-16-10-12-18(13-11-16)22-17(2)30-14-20(22)23-26-27-24(28(23)3)31-15-21(29)25-19-8-6-4-5-7-9-19/h10-14,19H,4-9,15H2,1-3H3,(H,25,29). The Balaban J connectivity index is 1.46. The predicted octanol–water partition coefficient (Wildman–Crippen LogP) is 5.76. The molecule has 1 fully saturated rings. The van der Waals surface area contributed by atoms with Crippen molar-refractivity contribution in [2.45, 2.75) is 63.6 Å². The molecule has 5 nitrogen and oxygen atoms in total. The number of thiophene rings is 1. The van der Waals surface area contributed by atoms with Gasteiger partial charge in [0.25, 0.3) is 0 Å². The summed E-state index contributed by atoms with van der Waals surface area (Å²) in [7, 11) is 1.98. The Kier molecular flexibility index (Phi) is 7.13. The van der Waals surface area contributed by atoms with E-state index in [2.05, 4.69) is 59.0 Å². The van der Waals surface area contributed by atoms with Crippen LogP contribution in [0.15, 0.2) is 34.8 Å². The molecule has 0 atom stereocenters. The van der Waals surface area contributed by atoms with Crippen LogP contribution in [0, 0.1) is 13.8 Å². The average Bonchev–Trinajstić information content (AvgIpc) is 3.19. The molecule has 31 heavy (non-hydrogen) atoms. The number of thioether (sulfide) groups is 1. The topological polar surface area (TPSA) is 59.8 Å². The molecule has 0 radical (unpaired) electrons. The molecular formula is C24H30N4OS2. The van der Waals surface area contributed by atoms with E-state index in [1.54, 1.807) is 11.3 Å². The highest BCUT2D eigenvalue weighted by molar-refractivity contribution is 7.99. The van der Waals surface area contributed by atoms with Crippen LogP contribution in [-0.2, 0) is 11.8 Å². The maximum Gasteiger partial charge on any atom is 0.230 e. The lowest BCUT2D eigenvalue weighted by atomic mass is 10.0. The van der Waals surface area contributed by atoms with E-state index in [1.807, 2.05) is 11.6 Å². The fourth-order valence-electron chi connectivity index (χ4n) is 4.20. The number of hydrogen-bond acceptors (Lipinski definition) is 5. The van der Waals surface area contributed by atoms with Crippen LogP contribution in [0.4, 0.5) is 0 Å². The molecule has 2 aromatic heterocycles. The highest BCUT2D eigenvalue weighted by Crippen LogP contribution is 2.38. The number of nitrogens with one attached hydrogen (secondary N) is 1. The number of aromatic nitrogens is 3. The van der Waals surface area contributed by atoms with Crippen molar-refractivity contribution in [3.8, 4) is 22.5 Å². The molecule has 0 bridgehead atoms. The summed E-state index contributed by atoms with van der Waals surface area (Å²) in [5.41, 5.74) is 4.75. The molecule has 3 aromatic rings. The van der Waals surface area contributed by atoms with Crippen molar-refractivity contribution in [1.82, 2.24) is 20.1 Å². The molecule has 7 heteroatoms. The second-order valence-electron chi connectivity index (χ2n) is 8.36. The number of benzene rings is 1. The summed E-state index contributed by atoms with van der Waals surface area (Å²) >= 11 is 3.19. The Bertz CT molecular complexity index is 1030. The van der Waals surface area contributed by atoms with Gasteiger partial charge in [0, 0.05) is 34.5 Å². The molecule has 0 saturated heterocycles. The molecule has 1 aromatic carbocycles. The SMILES string of the molecule is Cc1ccc(-c2c(-c3nnc(SCC(=O)NC4CCCCCC4)n3C)csc2C)cc1. The molecule has 2 heterocycles. The van der Waals surface area contributed by atoms with Gasteiger partial charge >= 0.3 is 0 Å². The summed E-state index contributed by atoms with van der Waals surface area (Å²) in [4.78, 5) is 13.7. The van der Waals surface area contributed by atoms with Crippen LogP contribution in [0.2, 0.25) is 0 Å². The van der Waals surface area contributed by atoms with Crippen molar-refractivity contribution in [2.24, 2.45) is 7.05 Å². The van der Waals surface area contributed by atoms with Gasteiger partial charge in [-0.25, -0.2) is 0 Å². The monoisotopic (exact) mass is 454 g/mol. The number of amides is 1. The van der Waals surface area contributed by atoms with Gasteiger partial charge in [-0.2, -0.15) is 0 Å². The van der Waals surface area contributed by atoms with Crippen molar-refractivity contribution < 1.29 is 4.79 Å². The molecule has 164 valence electrons. The molecule has 1 N–H and O–H groups in total. The van der Waals surface area contributed by atoms with Gasteiger partial charge < -0.3 is 9.88 Å². The Labute approximate surface area is 192 Å². The van der Waals surface area contributed by atoms with Gasteiger partial charge in [-0.1, -0.05) is 67.3 Å². The second kappa shape index (κ2) is 10.0. The first-order valence-electron chi connectivity index (χ1n) is 11.0. The van der Waals surface area contributed by atoms with Gasteiger partial charge in [0.1, 0.15) is 0 Å². The largest absolute Gasteiger partial charge is 0.353 e. The minimum atomic E-state index is 0.0909. The minimum absolute atomic E-state index is 0.0909. The van der Waals surface area contributed by atoms with Crippen molar-refractivity contribution >= 4 is 29.0 Å². The number of rotatable bonds is 6. The van der Waals surface area contributed by atoms with E-state index < -0.39 is 0 Å². The summed E-state index contributed by atoms with van der Waals surface area (Å²) in [6.07, 6.45) is 7.21. The molecule has 0 spiro atoms. The molecule has 4 rings (SSSR count). The first kappa shape index (κ1) is 22.1. The third-order valence-corrected chi connectivity index (χ3v) is 7.88. The highest BCUT2D eigenvalue weighted by Gasteiger charge is 2.20. The predicted molar refractivity (Wildman–Crippen MR) is 130 cm³/mol. The molecule has 1 saturated carbocycles. The zero-order valence-electron chi connectivity index (χ0n) is 18.5. The van der Waals surface area contributed by atoms with Crippen molar-refractivity contribution in [3.63, 3.8) is 0 Å². The first-order valence-corrected chi connectivity index (χ1v) is 12.9. The Morgan fingerprint density at radius 1 is 1.13 bits per heavy atom. The number of nitrogens with zero attached hydrogens (tertiary/aromatic N) is 3. The van der Waals surface area contributed by atoms with Gasteiger partial charge in [0.05, 0.1) is 5.75 Å². The molecule has 0 unspecified atom stereocenters. The molecular weight excluding hydrogens is 424 g/mol. The van der Waals surface area contributed by atoms with Gasteiger partial charge in [0.15, 0.2) is 11.0 Å². The van der Waals surface area contributed by atoms with Gasteiger partial charge in [-0.3, -0.25) is 4.79 Å². The van der Waals surface area contributed by atoms with Crippen LogP contribution in [-0.4, -0.2) is 32.5 Å². The van der Waals surface area contributed by atoms with Crippen molar-refractivity contribution in [3.05, 3.63) is 40.1 Å². The lowest BCUT2D eigenvalue weighted by Gasteiger charge is -2.15. The van der Waals surface area contributed by atoms with Crippen LogP contribution in [0.3, 0.4) is 0 Å². The minimum Gasteiger partial charge on any atom is -0.353 e. The lowest BCUT2D eigenvalue weighted by molar-refractivity contribution is -0.119. The van der Waals surface area contributed by atoms with E-state index in [4.69, 9.17) is 0 Å². The fourth-order valence-corrected chi connectivity index (χ4v) is 5.78. The Morgan fingerprint density at radius 3 is 2.55 bits per heavy atom. The third-order valence-electron chi connectivity index (χ3n) is 5.94. The summed E-state index contributed by atoms with van der Waals surface area (Å²) in [6, 6.07) is 8.94. The van der Waals surface area contributed by atoms with Crippen LogP contribution in [0.1, 0.15) is 49.0 Å². The van der Waals surface area contributed by atoms with Crippen LogP contribution >= 0.6 is 23.1 Å². The Hall–Kier alpha value is -2.12. The second-order valence-corrected chi connectivity index (χ2v) is 10.4. The van der Waals surface area contributed by atoms with E-state index in [9.17, 15) is 4.79 Å². The van der Waals surface area contributed by atoms with E-state index >= 15 is 0 Å². The summed E-state index contributed by atoms with van der Waals surface area (Å²) in [5.74, 6) is 1.30. The number of aryl methyl sites for hydroxylation is 2. The first-order chi connectivity index (χ1) is 15.0. The average molecular weight is 455 g/mol. The zero-order chi connectivity index (χ0) is 21.8. The van der Waals surface area contributed by atoms with Crippen LogP contribution in [0.25, 0.3) is 22.5 Å². The molecule has 0 aliphatic heterocycles. The normalized spacial score (nSPS) is 15.1. The smallest absolute Gasteiger partial charge is 0.230 e. The Morgan fingerprint density at radius 2 is 1.84 bits per heavy atom. The van der Waals surface area contributed by atoms with E-state index in [0.717, 1.165) is 29.4 Å².